The Kier molecular flexibility index (Phi) is 7.72. The highest BCUT2D eigenvalue weighted by Gasteiger charge is 2.29. The van der Waals surface area contributed by atoms with E-state index in [1.54, 1.807) is 0 Å². The average Bonchev–Trinajstić information content (AvgIpc) is 3.06. The SMILES string of the molecule is O=C1CC[C@H](CCNCCOc2ccccc2)N1CCCc1ccccc1. The molecule has 1 atom stereocenters. The van der Waals surface area contributed by atoms with E-state index in [1.807, 2.05) is 36.4 Å². The lowest BCUT2D eigenvalue weighted by Crippen LogP contribution is -2.36. The quantitative estimate of drug-likeness (QED) is 0.617. The first-order valence-electron chi connectivity index (χ1n) is 10.0. The summed E-state index contributed by atoms with van der Waals surface area (Å²) in [6, 6.07) is 20.8. The molecule has 1 fully saturated rings. The van der Waals surface area contributed by atoms with Crippen molar-refractivity contribution in [3.05, 3.63) is 66.2 Å². The Bertz CT molecular complexity index is 675. The Morgan fingerprint density at radius 1 is 1.00 bits per heavy atom. The summed E-state index contributed by atoms with van der Waals surface area (Å²) in [7, 11) is 0. The molecule has 2 aromatic rings. The summed E-state index contributed by atoms with van der Waals surface area (Å²) in [5.74, 6) is 1.23. The van der Waals surface area contributed by atoms with E-state index in [0.717, 1.165) is 51.1 Å². The van der Waals surface area contributed by atoms with Crippen molar-refractivity contribution >= 4 is 5.91 Å². The van der Waals surface area contributed by atoms with Crippen molar-refractivity contribution in [2.45, 2.75) is 38.1 Å². The normalized spacial score (nSPS) is 16.7. The molecule has 4 nitrogen and oxygen atoms in total. The summed E-state index contributed by atoms with van der Waals surface area (Å²) in [5, 5.41) is 3.44. The van der Waals surface area contributed by atoms with Crippen molar-refractivity contribution in [3.63, 3.8) is 0 Å². The van der Waals surface area contributed by atoms with Gasteiger partial charge in [0.25, 0.3) is 0 Å². The molecule has 1 aliphatic rings. The lowest BCUT2D eigenvalue weighted by molar-refractivity contribution is -0.129. The number of nitrogens with zero attached hydrogens (tertiary/aromatic N) is 1. The van der Waals surface area contributed by atoms with Crippen molar-refractivity contribution < 1.29 is 9.53 Å². The summed E-state index contributed by atoms with van der Waals surface area (Å²) in [6.45, 7) is 3.28. The fourth-order valence-electron chi connectivity index (χ4n) is 3.65. The zero-order valence-electron chi connectivity index (χ0n) is 16.0. The van der Waals surface area contributed by atoms with Crippen molar-refractivity contribution in [1.29, 1.82) is 0 Å². The standard InChI is InChI=1S/C23H30N2O2/c26-23-14-13-21(25(23)18-7-10-20-8-3-1-4-9-20)15-16-24-17-19-27-22-11-5-2-6-12-22/h1-6,8-9,11-12,21,24H,7,10,13-19H2/t21-/m1/s1. The minimum atomic E-state index is 0.320. The number of likely N-dealkylation sites (tertiary alicyclic amines) is 1. The van der Waals surface area contributed by atoms with Crippen LogP contribution in [0.1, 0.15) is 31.2 Å². The van der Waals surface area contributed by atoms with E-state index in [-0.39, 0.29) is 0 Å². The highest BCUT2D eigenvalue weighted by Crippen LogP contribution is 2.21. The molecular weight excluding hydrogens is 336 g/mol. The molecule has 0 aromatic heterocycles. The van der Waals surface area contributed by atoms with Gasteiger partial charge in [-0.05, 0) is 49.9 Å². The highest BCUT2D eigenvalue weighted by molar-refractivity contribution is 5.78. The summed E-state index contributed by atoms with van der Waals surface area (Å²) in [5.41, 5.74) is 1.35. The van der Waals surface area contributed by atoms with Gasteiger partial charge in [0, 0.05) is 25.6 Å². The largest absolute Gasteiger partial charge is 0.492 e. The molecule has 1 saturated heterocycles. The second-order valence-corrected chi connectivity index (χ2v) is 7.07. The Hall–Kier alpha value is -2.33. The van der Waals surface area contributed by atoms with E-state index in [1.165, 1.54) is 5.56 Å². The van der Waals surface area contributed by atoms with Gasteiger partial charge in [-0.3, -0.25) is 4.79 Å². The molecule has 0 aliphatic carbocycles. The van der Waals surface area contributed by atoms with Crippen LogP contribution < -0.4 is 10.1 Å². The molecule has 4 heteroatoms. The predicted molar refractivity (Wildman–Crippen MR) is 109 cm³/mol. The van der Waals surface area contributed by atoms with Gasteiger partial charge in [-0.25, -0.2) is 0 Å². The van der Waals surface area contributed by atoms with Crippen LogP contribution in [0.3, 0.4) is 0 Å². The number of carbonyl (C=O) groups is 1. The topological polar surface area (TPSA) is 41.6 Å². The van der Waals surface area contributed by atoms with Crippen LogP contribution in [-0.4, -0.2) is 43.1 Å². The van der Waals surface area contributed by atoms with Gasteiger partial charge >= 0.3 is 0 Å². The summed E-state index contributed by atoms with van der Waals surface area (Å²) in [4.78, 5) is 14.3. The van der Waals surface area contributed by atoms with E-state index in [4.69, 9.17) is 4.74 Å². The van der Waals surface area contributed by atoms with E-state index >= 15 is 0 Å². The second kappa shape index (κ2) is 10.7. The van der Waals surface area contributed by atoms with E-state index in [0.29, 0.717) is 25.0 Å². The summed E-state index contributed by atoms with van der Waals surface area (Å²) in [6.07, 6.45) is 4.78. The van der Waals surface area contributed by atoms with Gasteiger partial charge in [-0.1, -0.05) is 48.5 Å². The molecule has 0 saturated carbocycles. The monoisotopic (exact) mass is 366 g/mol. The third-order valence-corrected chi connectivity index (χ3v) is 5.10. The molecule has 3 rings (SSSR count). The average molecular weight is 367 g/mol. The molecule has 1 aliphatic heterocycles. The number of benzene rings is 2. The first kappa shape index (κ1) is 19.4. The minimum absolute atomic E-state index is 0.320. The fraction of sp³-hybridized carbons (Fsp3) is 0.435. The molecule has 0 bridgehead atoms. The third kappa shape index (κ3) is 6.40. The van der Waals surface area contributed by atoms with Gasteiger partial charge in [0.15, 0.2) is 0 Å². The number of aryl methyl sites for hydroxylation is 1. The van der Waals surface area contributed by atoms with Gasteiger partial charge < -0.3 is 15.0 Å². The Labute approximate surface area is 162 Å². The summed E-state index contributed by atoms with van der Waals surface area (Å²) >= 11 is 0. The number of hydrogen-bond donors (Lipinski definition) is 1. The van der Waals surface area contributed by atoms with Gasteiger partial charge in [0.05, 0.1) is 0 Å². The van der Waals surface area contributed by atoms with Crippen LogP contribution in [0.2, 0.25) is 0 Å². The zero-order valence-corrected chi connectivity index (χ0v) is 16.0. The van der Waals surface area contributed by atoms with Crippen LogP contribution in [0.4, 0.5) is 0 Å². The van der Waals surface area contributed by atoms with Gasteiger partial charge in [0.1, 0.15) is 12.4 Å². The molecule has 0 radical (unpaired) electrons. The number of carbonyl (C=O) groups excluding carboxylic acids is 1. The van der Waals surface area contributed by atoms with Crippen LogP contribution in [0, 0.1) is 0 Å². The maximum Gasteiger partial charge on any atom is 0.222 e. The number of para-hydroxylation sites is 1. The maximum absolute atomic E-state index is 12.2. The molecular formula is C23H30N2O2. The van der Waals surface area contributed by atoms with Crippen LogP contribution in [0.25, 0.3) is 0 Å². The van der Waals surface area contributed by atoms with Crippen LogP contribution in [-0.2, 0) is 11.2 Å². The van der Waals surface area contributed by atoms with Crippen molar-refractivity contribution in [2.75, 3.05) is 26.2 Å². The number of rotatable bonds is 11. The van der Waals surface area contributed by atoms with Gasteiger partial charge in [-0.15, -0.1) is 0 Å². The van der Waals surface area contributed by atoms with Crippen LogP contribution in [0.15, 0.2) is 60.7 Å². The lowest BCUT2D eigenvalue weighted by Gasteiger charge is -2.25. The first-order chi connectivity index (χ1) is 13.3. The molecule has 144 valence electrons. The Morgan fingerprint density at radius 2 is 1.74 bits per heavy atom. The van der Waals surface area contributed by atoms with E-state index in [2.05, 4.69) is 34.5 Å². The number of amides is 1. The third-order valence-electron chi connectivity index (χ3n) is 5.10. The highest BCUT2D eigenvalue weighted by atomic mass is 16.5. The molecule has 2 aromatic carbocycles. The fourth-order valence-corrected chi connectivity index (χ4v) is 3.65. The Morgan fingerprint density at radius 3 is 2.52 bits per heavy atom. The van der Waals surface area contributed by atoms with Crippen molar-refractivity contribution in [2.24, 2.45) is 0 Å². The lowest BCUT2D eigenvalue weighted by atomic mass is 10.1. The molecule has 27 heavy (non-hydrogen) atoms. The van der Waals surface area contributed by atoms with Crippen molar-refractivity contribution in [1.82, 2.24) is 10.2 Å². The molecule has 1 heterocycles. The summed E-state index contributed by atoms with van der Waals surface area (Å²) < 4.78 is 5.68. The minimum Gasteiger partial charge on any atom is -0.492 e. The maximum atomic E-state index is 12.2. The molecule has 1 amide bonds. The number of nitrogens with one attached hydrogen (secondary N) is 1. The molecule has 0 spiro atoms. The Balaban J connectivity index is 1.30. The smallest absolute Gasteiger partial charge is 0.222 e. The molecule has 1 N–H and O–H groups in total. The van der Waals surface area contributed by atoms with Gasteiger partial charge in [-0.2, -0.15) is 0 Å². The van der Waals surface area contributed by atoms with Crippen molar-refractivity contribution in [3.8, 4) is 5.75 Å². The van der Waals surface area contributed by atoms with Gasteiger partial charge in [0.2, 0.25) is 5.91 Å². The van der Waals surface area contributed by atoms with E-state index < -0.39 is 0 Å². The van der Waals surface area contributed by atoms with Crippen LogP contribution in [0.5, 0.6) is 5.75 Å². The second-order valence-electron chi connectivity index (χ2n) is 7.07. The zero-order chi connectivity index (χ0) is 18.7. The first-order valence-corrected chi connectivity index (χ1v) is 10.0. The van der Waals surface area contributed by atoms with Crippen LogP contribution >= 0.6 is 0 Å². The number of hydrogen-bond acceptors (Lipinski definition) is 3. The predicted octanol–water partition coefficient (Wildman–Crippen LogP) is 3.67. The molecule has 0 unspecified atom stereocenters. The van der Waals surface area contributed by atoms with E-state index in [9.17, 15) is 4.79 Å². The number of ether oxygens (including phenoxy) is 1.